The molecule has 0 aliphatic carbocycles. The number of alkyl halides is 2. The van der Waals surface area contributed by atoms with E-state index in [1.54, 1.807) is 12.1 Å². The third kappa shape index (κ3) is 5.06. The molecule has 112 valence electrons. The molecule has 1 N–H and O–H groups in total. The lowest BCUT2D eigenvalue weighted by atomic mass is 9.99. The molecule has 20 heavy (non-hydrogen) atoms. The lowest BCUT2D eigenvalue weighted by Crippen LogP contribution is -2.36. The van der Waals surface area contributed by atoms with Crippen LogP contribution in [0.1, 0.15) is 18.4 Å². The molecule has 0 amide bonds. The van der Waals surface area contributed by atoms with Gasteiger partial charge in [0.05, 0.1) is 0 Å². The second kappa shape index (κ2) is 7.55. The molecule has 1 unspecified atom stereocenters. The first-order valence-electron chi connectivity index (χ1n) is 7.06. The number of rotatable bonds is 6. The summed E-state index contributed by atoms with van der Waals surface area (Å²) in [5.41, 5.74) is 1.11. The molecule has 1 aromatic rings. The number of benzene rings is 1. The summed E-state index contributed by atoms with van der Waals surface area (Å²) in [5, 5.41) is 3.42. The Morgan fingerprint density at radius 2 is 2.10 bits per heavy atom. The van der Waals surface area contributed by atoms with Gasteiger partial charge in [0.1, 0.15) is 5.75 Å². The molecular formula is C15H22F2N2O. The molecule has 0 radical (unpaired) electrons. The zero-order valence-corrected chi connectivity index (χ0v) is 11.8. The molecule has 3 nitrogen and oxygen atoms in total. The molecule has 1 saturated heterocycles. The highest BCUT2D eigenvalue weighted by atomic mass is 19.3. The molecule has 1 fully saturated rings. The van der Waals surface area contributed by atoms with Crippen LogP contribution in [-0.2, 0) is 6.54 Å². The predicted molar refractivity (Wildman–Crippen MR) is 75.0 cm³/mol. The van der Waals surface area contributed by atoms with Crippen molar-refractivity contribution in [3.05, 3.63) is 29.8 Å². The maximum atomic E-state index is 12.1. The number of nitrogens with one attached hydrogen (secondary N) is 1. The van der Waals surface area contributed by atoms with E-state index in [1.165, 1.54) is 12.8 Å². The molecule has 1 atom stereocenters. The van der Waals surface area contributed by atoms with Gasteiger partial charge < -0.3 is 15.0 Å². The van der Waals surface area contributed by atoms with Crippen molar-refractivity contribution in [2.75, 3.05) is 26.7 Å². The van der Waals surface area contributed by atoms with Crippen LogP contribution in [0.25, 0.3) is 0 Å². The van der Waals surface area contributed by atoms with Gasteiger partial charge >= 0.3 is 6.61 Å². The normalized spacial score (nSPS) is 19.6. The fourth-order valence-electron chi connectivity index (χ4n) is 2.67. The van der Waals surface area contributed by atoms with Crippen LogP contribution in [0.15, 0.2) is 24.3 Å². The van der Waals surface area contributed by atoms with Crippen molar-refractivity contribution in [3.63, 3.8) is 0 Å². The van der Waals surface area contributed by atoms with Gasteiger partial charge in [-0.25, -0.2) is 0 Å². The standard InChI is InChI=1S/C15H22F2N2O/c1-19(11-13-3-2-8-18-9-13)10-12-4-6-14(7-5-12)20-15(16)17/h4-7,13,15,18H,2-3,8-11H2,1H3. The number of halogens is 2. The molecule has 0 bridgehead atoms. The molecule has 1 aromatic carbocycles. The topological polar surface area (TPSA) is 24.5 Å². The fraction of sp³-hybridized carbons (Fsp3) is 0.600. The van der Waals surface area contributed by atoms with Gasteiger partial charge in [-0.15, -0.1) is 0 Å². The zero-order chi connectivity index (χ0) is 14.4. The van der Waals surface area contributed by atoms with Gasteiger partial charge in [0.15, 0.2) is 0 Å². The molecule has 0 saturated carbocycles. The predicted octanol–water partition coefficient (Wildman–Crippen LogP) is 2.72. The van der Waals surface area contributed by atoms with Gasteiger partial charge in [-0.2, -0.15) is 8.78 Å². The Kier molecular flexibility index (Phi) is 5.73. The summed E-state index contributed by atoms with van der Waals surface area (Å²) < 4.78 is 28.5. The molecule has 1 heterocycles. The number of nitrogens with zero attached hydrogens (tertiary/aromatic N) is 1. The van der Waals surface area contributed by atoms with Crippen LogP contribution in [0.5, 0.6) is 5.75 Å². The lowest BCUT2D eigenvalue weighted by Gasteiger charge is -2.27. The highest BCUT2D eigenvalue weighted by Gasteiger charge is 2.15. The first-order chi connectivity index (χ1) is 9.63. The first-order valence-corrected chi connectivity index (χ1v) is 7.06. The highest BCUT2D eigenvalue weighted by molar-refractivity contribution is 5.27. The summed E-state index contributed by atoms with van der Waals surface area (Å²) in [6.45, 7) is 1.34. The van der Waals surface area contributed by atoms with Gasteiger partial charge in [-0.3, -0.25) is 0 Å². The first kappa shape index (κ1) is 15.2. The maximum absolute atomic E-state index is 12.1. The van der Waals surface area contributed by atoms with E-state index in [0.717, 1.165) is 31.7 Å². The van der Waals surface area contributed by atoms with E-state index < -0.39 is 6.61 Å². The Balaban J connectivity index is 1.79. The maximum Gasteiger partial charge on any atom is 0.387 e. The van der Waals surface area contributed by atoms with E-state index in [2.05, 4.69) is 22.0 Å². The Labute approximate surface area is 118 Å². The van der Waals surface area contributed by atoms with E-state index in [4.69, 9.17) is 0 Å². The molecule has 0 spiro atoms. The summed E-state index contributed by atoms with van der Waals surface area (Å²) in [7, 11) is 2.10. The largest absolute Gasteiger partial charge is 0.435 e. The summed E-state index contributed by atoms with van der Waals surface area (Å²) in [6, 6.07) is 6.87. The van der Waals surface area contributed by atoms with E-state index in [-0.39, 0.29) is 5.75 Å². The van der Waals surface area contributed by atoms with Crippen molar-refractivity contribution in [2.24, 2.45) is 5.92 Å². The van der Waals surface area contributed by atoms with E-state index in [1.807, 2.05) is 12.1 Å². The number of hydrogen-bond donors (Lipinski definition) is 1. The van der Waals surface area contributed by atoms with E-state index >= 15 is 0 Å². The van der Waals surface area contributed by atoms with Crippen molar-refractivity contribution < 1.29 is 13.5 Å². The van der Waals surface area contributed by atoms with Crippen LogP contribution in [0.3, 0.4) is 0 Å². The second-order valence-corrected chi connectivity index (χ2v) is 5.43. The van der Waals surface area contributed by atoms with Crippen LogP contribution >= 0.6 is 0 Å². The van der Waals surface area contributed by atoms with E-state index in [9.17, 15) is 8.78 Å². The van der Waals surface area contributed by atoms with Gasteiger partial charge in [-0.1, -0.05) is 12.1 Å². The third-order valence-corrected chi connectivity index (χ3v) is 3.57. The van der Waals surface area contributed by atoms with Crippen LogP contribution in [-0.4, -0.2) is 38.2 Å². The molecular weight excluding hydrogens is 262 g/mol. The molecule has 1 aliphatic heterocycles. The van der Waals surface area contributed by atoms with Crippen LogP contribution in [0.2, 0.25) is 0 Å². The number of piperidine rings is 1. The third-order valence-electron chi connectivity index (χ3n) is 3.57. The van der Waals surface area contributed by atoms with Gasteiger partial charge in [0.25, 0.3) is 0 Å². The smallest absolute Gasteiger partial charge is 0.387 e. The molecule has 0 aromatic heterocycles. The molecule has 1 aliphatic rings. The summed E-state index contributed by atoms with van der Waals surface area (Å²) >= 11 is 0. The fourth-order valence-corrected chi connectivity index (χ4v) is 2.67. The SMILES string of the molecule is CN(Cc1ccc(OC(F)F)cc1)CC1CCCNC1. The monoisotopic (exact) mass is 284 g/mol. The van der Waals surface area contributed by atoms with Gasteiger partial charge in [0.2, 0.25) is 0 Å². The minimum atomic E-state index is -2.76. The van der Waals surface area contributed by atoms with Crippen molar-refractivity contribution in [3.8, 4) is 5.75 Å². The zero-order valence-electron chi connectivity index (χ0n) is 11.8. The van der Waals surface area contributed by atoms with E-state index in [0.29, 0.717) is 5.92 Å². The Morgan fingerprint density at radius 1 is 1.35 bits per heavy atom. The van der Waals surface area contributed by atoms with Crippen molar-refractivity contribution in [1.82, 2.24) is 10.2 Å². The summed E-state index contributed by atoms with van der Waals surface area (Å²) in [5.74, 6) is 0.915. The van der Waals surface area contributed by atoms with Gasteiger partial charge in [-0.05, 0) is 56.6 Å². The summed E-state index contributed by atoms with van der Waals surface area (Å²) in [6.07, 6.45) is 2.52. The average molecular weight is 284 g/mol. The van der Waals surface area contributed by atoms with Crippen LogP contribution in [0, 0.1) is 5.92 Å². The second-order valence-electron chi connectivity index (χ2n) is 5.43. The molecule has 2 rings (SSSR count). The van der Waals surface area contributed by atoms with Crippen LogP contribution < -0.4 is 10.1 Å². The average Bonchev–Trinajstić information content (AvgIpc) is 2.41. The van der Waals surface area contributed by atoms with Crippen molar-refractivity contribution in [1.29, 1.82) is 0 Å². The molecule has 5 heteroatoms. The Morgan fingerprint density at radius 3 is 2.70 bits per heavy atom. The summed E-state index contributed by atoms with van der Waals surface area (Å²) in [4.78, 5) is 2.28. The quantitative estimate of drug-likeness (QED) is 0.869. The van der Waals surface area contributed by atoms with Gasteiger partial charge in [0, 0.05) is 13.1 Å². The lowest BCUT2D eigenvalue weighted by molar-refractivity contribution is -0.0498. The number of hydrogen-bond acceptors (Lipinski definition) is 3. The van der Waals surface area contributed by atoms with Crippen LogP contribution in [0.4, 0.5) is 8.78 Å². The minimum Gasteiger partial charge on any atom is -0.435 e. The Bertz CT molecular complexity index is 391. The van der Waals surface area contributed by atoms with Crippen molar-refractivity contribution >= 4 is 0 Å². The highest BCUT2D eigenvalue weighted by Crippen LogP contribution is 2.17. The van der Waals surface area contributed by atoms with Crippen molar-refractivity contribution in [2.45, 2.75) is 26.0 Å². The minimum absolute atomic E-state index is 0.211. The Hall–Kier alpha value is -1.20. The number of ether oxygens (including phenoxy) is 1.